The molecule has 2 aliphatic rings. The van der Waals surface area contributed by atoms with Gasteiger partial charge in [0.1, 0.15) is 18.5 Å². The number of carbonyl (C=O) groups excluding carboxylic acids is 1. The Morgan fingerprint density at radius 3 is 2.44 bits per heavy atom. The van der Waals surface area contributed by atoms with E-state index in [0.29, 0.717) is 25.0 Å². The maximum atomic E-state index is 12.1. The molecule has 0 bridgehead atoms. The summed E-state index contributed by atoms with van der Waals surface area (Å²) in [5, 5.41) is 10.3. The van der Waals surface area contributed by atoms with Gasteiger partial charge in [0.05, 0.1) is 0 Å². The van der Waals surface area contributed by atoms with Crippen molar-refractivity contribution in [1.29, 1.82) is 0 Å². The van der Waals surface area contributed by atoms with Gasteiger partial charge in [-0.05, 0) is 50.3 Å². The van der Waals surface area contributed by atoms with Crippen molar-refractivity contribution in [2.75, 3.05) is 39.3 Å². The predicted molar refractivity (Wildman–Crippen MR) is 97.9 cm³/mol. The van der Waals surface area contributed by atoms with E-state index in [-0.39, 0.29) is 0 Å². The van der Waals surface area contributed by atoms with Crippen LogP contribution in [0.15, 0.2) is 12.1 Å². The first kappa shape index (κ1) is 18.2. The lowest BCUT2D eigenvalue weighted by atomic mass is 10.1. The topological polar surface area (TPSA) is 53.0 Å². The third-order valence-electron chi connectivity index (χ3n) is 5.37. The van der Waals surface area contributed by atoms with E-state index in [1.54, 1.807) is 0 Å². The van der Waals surface area contributed by atoms with Crippen LogP contribution in [0.25, 0.3) is 0 Å². The fourth-order valence-electron chi connectivity index (χ4n) is 3.42. The number of β-amino-alcohol motifs (C(OH)–C–C–N with tert-alkyl or cyclic N) is 1. The molecular formula is C20H30N2O3. The number of carbonyl (C=O) groups is 1. The van der Waals surface area contributed by atoms with Crippen LogP contribution in [0.4, 0.5) is 0 Å². The molecule has 1 N–H and O–H groups in total. The van der Waals surface area contributed by atoms with E-state index in [0.717, 1.165) is 55.9 Å². The summed E-state index contributed by atoms with van der Waals surface area (Å²) in [7, 11) is 0. The molecule has 5 nitrogen and oxygen atoms in total. The molecule has 0 radical (unpaired) electrons. The highest BCUT2D eigenvalue weighted by atomic mass is 16.5. The first-order valence-electron chi connectivity index (χ1n) is 9.34. The molecule has 1 aliphatic carbocycles. The summed E-state index contributed by atoms with van der Waals surface area (Å²) in [6, 6.07) is 4.15. The van der Waals surface area contributed by atoms with E-state index in [2.05, 4.69) is 30.9 Å². The number of rotatable bonds is 6. The van der Waals surface area contributed by atoms with Crippen LogP contribution in [0.1, 0.15) is 29.5 Å². The van der Waals surface area contributed by atoms with Crippen molar-refractivity contribution in [2.45, 2.75) is 39.7 Å². The molecule has 1 amide bonds. The van der Waals surface area contributed by atoms with Crippen molar-refractivity contribution in [3.05, 3.63) is 28.8 Å². The van der Waals surface area contributed by atoms with E-state index in [4.69, 9.17) is 4.74 Å². The lowest BCUT2D eigenvalue weighted by molar-refractivity contribution is -0.134. The molecule has 1 aromatic rings. The van der Waals surface area contributed by atoms with Gasteiger partial charge < -0.3 is 14.7 Å². The molecule has 138 valence electrons. The van der Waals surface area contributed by atoms with E-state index in [9.17, 15) is 9.90 Å². The number of amides is 1. The van der Waals surface area contributed by atoms with Gasteiger partial charge in [0.15, 0.2) is 0 Å². The summed E-state index contributed by atoms with van der Waals surface area (Å²) >= 11 is 0. The number of nitrogens with zero attached hydrogens (tertiary/aromatic N) is 2. The number of hydrogen-bond donors (Lipinski definition) is 1. The van der Waals surface area contributed by atoms with Gasteiger partial charge in [-0.1, -0.05) is 12.1 Å². The van der Waals surface area contributed by atoms with E-state index >= 15 is 0 Å². The molecule has 0 aromatic heterocycles. The number of ether oxygens (including phenoxy) is 1. The van der Waals surface area contributed by atoms with Crippen LogP contribution in [-0.4, -0.2) is 66.2 Å². The van der Waals surface area contributed by atoms with Crippen LogP contribution in [0.5, 0.6) is 5.75 Å². The summed E-state index contributed by atoms with van der Waals surface area (Å²) in [6.07, 6.45) is 1.60. The van der Waals surface area contributed by atoms with Crippen LogP contribution in [0.3, 0.4) is 0 Å². The minimum atomic E-state index is -0.523. The van der Waals surface area contributed by atoms with Gasteiger partial charge in [-0.3, -0.25) is 9.69 Å². The average molecular weight is 346 g/mol. The highest BCUT2D eigenvalue weighted by Gasteiger charge is 2.34. The van der Waals surface area contributed by atoms with Crippen molar-refractivity contribution >= 4 is 5.91 Å². The minimum absolute atomic E-state index is 0.298. The van der Waals surface area contributed by atoms with Crippen molar-refractivity contribution < 1.29 is 14.6 Å². The fraction of sp³-hybridized carbons (Fsp3) is 0.650. The van der Waals surface area contributed by atoms with Gasteiger partial charge in [-0.15, -0.1) is 0 Å². The lowest BCUT2D eigenvalue weighted by Gasteiger charge is -2.35. The molecule has 2 fully saturated rings. The highest BCUT2D eigenvalue weighted by Crippen LogP contribution is 2.31. The zero-order valence-corrected chi connectivity index (χ0v) is 15.6. The quantitative estimate of drug-likeness (QED) is 0.855. The second-order valence-electron chi connectivity index (χ2n) is 7.52. The van der Waals surface area contributed by atoms with Gasteiger partial charge in [-0.2, -0.15) is 0 Å². The molecule has 1 saturated heterocycles. The molecule has 1 atom stereocenters. The molecule has 5 heteroatoms. The number of aliphatic hydroxyl groups is 1. The van der Waals surface area contributed by atoms with Gasteiger partial charge in [0.2, 0.25) is 5.91 Å². The Morgan fingerprint density at radius 1 is 1.16 bits per heavy atom. The van der Waals surface area contributed by atoms with Crippen molar-refractivity contribution in [2.24, 2.45) is 5.92 Å². The Labute approximate surface area is 150 Å². The summed E-state index contributed by atoms with van der Waals surface area (Å²) in [5.74, 6) is 1.51. The molecule has 3 rings (SSSR count). The molecule has 25 heavy (non-hydrogen) atoms. The summed E-state index contributed by atoms with van der Waals surface area (Å²) in [6.45, 7) is 10.3. The molecule has 1 heterocycles. The number of piperazine rings is 1. The number of hydrogen-bond acceptors (Lipinski definition) is 4. The number of benzene rings is 1. The SMILES string of the molecule is Cc1ccc(C)c(OC[C@@H](O)CN2CCN(C(=O)C3CC3)CC2)c1C. The lowest BCUT2D eigenvalue weighted by Crippen LogP contribution is -2.51. The molecule has 0 unspecified atom stereocenters. The predicted octanol–water partition coefficient (Wildman–Crippen LogP) is 1.91. The highest BCUT2D eigenvalue weighted by molar-refractivity contribution is 5.81. The normalized spacial score (nSPS) is 19.8. The molecule has 1 aliphatic heterocycles. The molecule has 0 spiro atoms. The Bertz CT molecular complexity index is 620. The maximum absolute atomic E-state index is 12.1. The van der Waals surface area contributed by atoms with Crippen LogP contribution >= 0.6 is 0 Å². The zero-order chi connectivity index (χ0) is 18.0. The maximum Gasteiger partial charge on any atom is 0.225 e. The standard InChI is InChI=1S/C20H30N2O3/c1-14-4-5-15(2)19(16(14)3)25-13-18(23)12-21-8-10-22(11-9-21)20(24)17-6-7-17/h4-5,17-18,23H,6-13H2,1-3H3/t18-/m0/s1. The second-order valence-corrected chi connectivity index (χ2v) is 7.52. The Morgan fingerprint density at radius 2 is 1.80 bits per heavy atom. The van der Waals surface area contributed by atoms with Crippen LogP contribution in [0, 0.1) is 26.7 Å². The smallest absolute Gasteiger partial charge is 0.225 e. The summed E-state index contributed by atoms with van der Waals surface area (Å²) in [4.78, 5) is 16.3. The van der Waals surface area contributed by atoms with Gasteiger partial charge in [0.25, 0.3) is 0 Å². The minimum Gasteiger partial charge on any atom is -0.490 e. The second kappa shape index (κ2) is 7.75. The number of aliphatic hydroxyl groups excluding tert-OH is 1. The summed E-state index contributed by atoms with van der Waals surface area (Å²) < 4.78 is 5.91. The summed E-state index contributed by atoms with van der Waals surface area (Å²) in [5.41, 5.74) is 3.44. The zero-order valence-electron chi connectivity index (χ0n) is 15.6. The van der Waals surface area contributed by atoms with Gasteiger partial charge >= 0.3 is 0 Å². The fourth-order valence-corrected chi connectivity index (χ4v) is 3.42. The Balaban J connectivity index is 1.43. The monoisotopic (exact) mass is 346 g/mol. The van der Waals surface area contributed by atoms with Crippen molar-refractivity contribution in [3.8, 4) is 5.75 Å². The van der Waals surface area contributed by atoms with Crippen molar-refractivity contribution in [3.63, 3.8) is 0 Å². The third kappa shape index (κ3) is 4.53. The third-order valence-corrected chi connectivity index (χ3v) is 5.37. The first-order chi connectivity index (χ1) is 12.0. The van der Waals surface area contributed by atoms with E-state index in [1.165, 1.54) is 5.56 Å². The van der Waals surface area contributed by atoms with Crippen LogP contribution in [-0.2, 0) is 4.79 Å². The molecule has 1 saturated carbocycles. The van der Waals surface area contributed by atoms with Gasteiger partial charge in [-0.25, -0.2) is 0 Å². The number of aryl methyl sites for hydroxylation is 2. The molecule has 1 aromatic carbocycles. The Hall–Kier alpha value is -1.59. The van der Waals surface area contributed by atoms with E-state index in [1.807, 2.05) is 11.8 Å². The Kier molecular flexibility index (Phi) is 5.64. The van der Waals surface area contributed by atoms with Crippen LogP contribution < -0.4 is 4.74 Å². The van der Waals surface area contributed by atoms with Crippen molar-refractivity contribution in [1.82, 2.24) is 9.80 Å². The first-order valence-corrected chi connectivity index (χ1v) is 9.34. The van der Waals surface area contributed by atoms with Gasteiger partial charge in [0, 0.05) is 38.6 Å². The average Bonchev–Trinajstić information content (AvgIpc) is 3.43. The van der Waals surface area contributed by atoms with E-state index < -0.39 is 6.10 Å². The molecular weight excluding hydrogens is 316 g/mol. The van der Waals surface area contributed by atoms with Crippen LogP contribution in [0.2, 0.25) is 0 Å². The largest absolute Gasteiger partial charge is 0.490 e.